The second kappa shape index (κ2) is 13.5. The molecule has 0 aromatic heterocycles. The molecular formula is C27H36N4O5. The van der Waals surface area contributed by atoms with Gasteiger partial charge in [0.25, 0.3) is 5.91 Å². The SMILES string of the molecule is COc1ccc(C(=O)N2CCN(C3CCCCC3)CC2)c(O)c1.NC(=O)C(NC=O)c1ccccc1. The van der Waals surface area contributed by atoms with E-state index in [-0.39, 0.29) is 11.7 Å². The maximum Gasteiger partial charge on any atom is 0.257 e. The van der Waals surface area contributed by atoms with E-state index in [1.807, 2.05) is 11.0 Å². The Hall–Kier alpha value is -3.59. The first-order valence-corrected chi connectivity index (χ1v) is 12.4. The van der Waals surface area contributed by atoms with Gasteiger partial charge in [0, 0.05) is 38.3 Å². The van der Waals surface area contributed by atoms with Gasteiger partial charge in [-0.3, -0.25) is 19.3 Å². The number of carbonyl (C=O) groups is 3. The van der Waals surface area contributed by atoms with Crippen LogP contribution in [0.5, 0.6) is 11.5 Å². The Morgan fingerprint density at radius 3 is 2.28 bits per heavy atom. The molecule has 1 saturated heterocycles. The number of carbonyl (C=O) groups excluding carboxylic acids is 3. The smallest absolute Gasteiger partial charge is 0.257 e. The number of benzene rings is 2. The molecule has 0 spiro atoms. The number of rotatable bonds is 7. The molecule has 0 radical (unpaired) electrons. The molecule has 0 bridgehead atoms. The molecule has 2 aromatic rings. The highest BCUT2D eigenvalue weighted by Gasteiger charge is 2.28. The lowest BCUT2D eigenvalue weighted by molar-refractivity contribution is -0.122. The van der Waals surface area contributed by atoms with Crippen LogP contribution in [0, 0.1) is 0 Å². The first kappa shape index (κ1) is 27.0. The Morgan fingerprint density at radius 1 is 1.06 bits per heavy atom. The van der Waals surface area contributed by atoms with Crippen molar-refractivity contribution in [1.29, 1.82) is 0 Å². The molecular weight excluding hydrogens is 460 g/mol. The Kier molecular flexibility index (Phi) is 10.1. The van der Waals surface area contributed by atoms with Crippen molar-refractivity contribution in [3.63, 3.8) is 0 Å². The minimum atomic E-state index is -0.737. The zero-order valence-electron chi connectivity index (χ0n) is 20.8. The third-order valence-electron chi connectivity index (χ3n) is 6.78. The molecule has 9 nitrogen and oxygen atoms in total. The number of phenols is 1. The molecule has 2 aliphatic rings. The van der Waals surface area contributed by atoms with Gasteiger partial charge in [-0.25, -0.2) is 0 Å². The van der Waals surface area contributed by atoms with Crippen molar-refractivity contribution < 1.29 is 24.2 Å². The normalized spacial score (nSPS) is 17.3. The summed E-state index contributed by atoms with van der Waals surface area (Å²) in [5, 5.41) is 12.4. The van der Waals surface area contributed by atoms with E-state index >= 15 is 0 Å². The van der Waals surface area contributed by atoms with Gasteiger partial charge in [0.1, 0.15) is 17.5 Å². The van der Waals surface area contributed by atoms with Crippen LogP contribution in [0.3, 0.4) is 0 Å². The topological polar surface area (TPSA) is 125 Å². The van der Waals surface area contributed by atoms with Crippen LogP contribution in [0.15, 0.2) is 48.5 Å². The summed E-state index contributed by atoms with van der Waals surface area (Å²) in [6.45, 7) is 3.35. The van der Waals surface area contributed by atoms with Crippen LogP contribution in [0.2, 0.25) is 0 Å². The van der Waals surface area contributed by atoms with Gasteiger partial charge in [-0.2, -0.15) is 0 Å². The lowest BCUT2D eigenvalue weighted by Crippen LogP contribution is -2.52. The summed E-state index contributed by atoms with van der Waals surface area (Å²) in [4.78, 5) is 38.1. The fourth-order valence-electron chi connectivity index (χ4n) is 4.78. The fraction of sp³-hybridized carbons (Fsp3) is 0.444. The van der Waals surface area contributed by atoms with E-state index in [9.17, 15) is 19.5 Å². The predicted octanol–water partition coefficient (Wildman–Crippen LogP) is 2.45. The van der Waals surface area contributed by atoms with Crippen LogP contribution in [-0.2, 0) is 9.59 Å². The number of primary amides is 1. The maximum atomic E-state index is 12.6. The number of phenolic OH excluding ortho intramolecular Hbond substituents is 1. The first-order valence-electron chi connectivity index (χ1n) is 12.4. The summed E-state index contributed by atoms with van der Waals surface area (Å²) in [5.41, 5.74) is 6.14. The van der Waals surface area contributed by atoms with E-state index in [1.54, 1.807) is 43.5 Å². The molecule has 3 amide bonds. The van der Waals surface area contributed by atoms with Gasteiger partial charge in [-0.05, 0) is 30.5 Å². The predicted molar refractivity (Wildman–Crippen MR) is 137 cm³/mol. The molecule has 1 atom stereocenters. The molecule has 9 heteroatoms. The largest absolute Gasteiger partial charge is 0.507 e. The number of methoxy groups -OCH3 is 1. The number of amides is 3. The zero-order valence-corrected chi connectivity index (χ0v) is 20.8. The second-order valence-corrected chi connectivity index (χ2v) is 9.03. The van der Waals surface area contributed by atoms with E-state index in [4.69, 9.17) is 10.5 Å². The average molecular weight is 497 g/mol. The van der Waals surface area contributed by atoms with Gasteiger partial charge in [-0.1, -0.05) is 49.6 Å². The Balaban J connectivity index is 0.000000236. The molecule has 1 aliphatic heterocycles. The summed E-state index contributed by atoms with van der Waals surface area (Å²) >= 11 is 0. The van der Waals surface area contributed by atoms with Crippen molar-refractivity contribution in [2.75, 3.05) is 33.3 Å². The summed E-state index contributed by atoms with van der Waals surface area (Å²) in [5.74, 6) is -0.114. The Labute approximate surface area is 212 Å². The van der Waals surface area contributed by atoms with E-state index in [0.29, 0.717) is 29.3 Å². The van der Waals surface area contributed by atoms with Crippen LogP contribution in [0.4, 0.5) is 0 Å². The fourth-order valence-corrected chi connectivity index (χ4v) is 4.78. The van der Waals surface area contributed by atoms with Gasteiger partial charge in [0.15, 0.2) is 0 Å². The second-order valence-electron chi connectivity index (χ2n) is 9.03. The molecule has 194 valence electrons. The highest BCUT2D eigenvalue weighted by molar-refractivity contribution is 5.97. The van der Waals surface area contributed by atoms with Gasteiger partial charge in [0.05, 0.1) is 12.7 Å². The van der Waals surface area contributed by atoms with E-state index in [1.165, 1.54) is 38.2 Å². The lowest BCUT2D eigenvalue weighted by Gasteiger charge is -2.40. The van der Waals surface area contributed by atoms with Crippen LogP contribution in [0.25, 0.3) is 0 Å². The average Bonchev–Trinajstić information content (AvgIpc) is 2.92. The number of aromatic hydroxyl groups is 1. The van der Waals surface area contributed by atoms with Gasteiger partial charge in [-0.15, -0.1) is 0 Å². The van der Waals surface area contributed by atoms with Crippen molar-refractivity contribution in [3.8, 4) is 11.5 Å². The number of nitrogens with two attached hydrogens (primary N) is 1. The molecule has 1 heterocycles. The Morgan fingerprint density at radius 2 is 1.72 bits per heavy atom. The number of ether oxygens (including phenoxy) is 1. The molecule has 4 rings (SSSR count). The van der Waals surface area contributed by atoms with Crippen molar-refractivity contribution in [2.24, 2.45) is 5.73 Å². The number of nitrogens with one attached hydrogen (secondary N) is 1. The highest BCUT2D eigenvalue weighted by atomic mass is 16.5. The number of nitrogens with zero attached hydrogens (tertiary/aromatic N) is 2. The van der Waals surface area contributed by atoms with Gasteiger partial charge in [0.2, 0.25) is 12.3 Å². The summed E-state index contributed by atoms with van der Waals surface area (Å²) in [6, 6.07) is 13.6. The monoisotopic (exact) mass is 496 g/mol. The summed E-state index contributed by atoms with van der Waals surface area (Å²) < 4.78 is 5.06. The zero-order chi connectivity index (χ0) is 25.9. The van der Waals surface area contributed by atoms with Crippen LogP contribution in [-0.4, -0.2) is 72.5 Å². The number of hydrogen-bond donors (Lipinski definition) is 3. The van der Waals surface area contributed by atoms with E-state index < -0.39 is 11.9 Å². The molecule has 2 fully saturated rings. The minimum absolute atomic E-state index is 0.0101. The Bertz CT molecular complexity index is 1000. The van der Waals surface area contributed by atoms with Crippen LogP contribution < -0.4 is 15.8 Å². The molecule has 4 N–H and O–H groups in total. The molecule has 1 unspecified atom stereocenters. The van der Waals surface area contributed by atoms with Crippen LogP contribution in [0.1, 0.15) is 54.1 Å². The molecule has 1 aliphatic carbocycles. The van der Waals surface area contributed by atoms with E-state index in [0.717, 1.165) is 26.2 Å². The first-order chi connectivity index (χ1) is 17.4. The van der Waals surface area contributed by atoms with Crippen molar-refractivity contribution in [3.05, 3.63) is 59.7 Å². The quantitative estimate of drug-likeness (QED) is 0.506. The molecule has 2 aromatic carbocycles. The maximum absolute atomic E-state index is 12.6. The van der Waals surface area contributed by atoms with Gasteiger partial charge < -0.3 is 25.8 Å². The standard InChI is InChI=1S/C18H26N2O3.C9H10N2O2/c1-23-15-7-8-16(17(21)13-15)18(22)20-11-9-19(10-12-20)14-5-3-2-4-6-14;10-9(13)8(11-6-12)7-4-2-1-3-5-7/h7-8,13-14,21H,2-6,9-12H2,1H3;1-6,8H,(H2,10,13)(H,11,12). The molecule has 1 saturated carbocycles. The number of hydrogen-bond acceptors (Lipinski definition) is 6. The minimum Gasteiger partial charge on any atom is -0.507 e. The lowest BCUT2D eigenvalue weighted by atomic mass is 9.94. The van der Waals surface area contributed by atoms with Crippen molar-refractivity contribution in [2.45, 2.75) is 44.2 Å². The summed E-state index contributed by atoms with van der Waals surface area (Å²) in [7, 11) is 1.54. The third-order valence-corrected chi connectivity index (χ3v) is 6.78. The third kappa shape index (κ3) is 7.21. The summed E-state index contributed by atoms with van der Waals surface area (Å²) in [6.07, 6.45) is 7.10. The number of piperazine rings is 1. The molecule has 36 heavy (non-hydrogen) atoms. The van der Waals surface area contributed by atoms with Crippen LogP contribution >= 0.6 is 0 Å². The van der Waals surface area contributed by atoms with Crippen molar-refractivity contribution in [1.82, 2.24) is 15.1 Å². The van der Waals surface area contributed by atoms with Gasteiger partial charge >= 0.3 is 0 Å². The highest BCUT2D eigenvalue weighted by Crippen LogP contribution is 2.27. The van der Waals surface area contributed by atoms with Crippen molar-refractivity contribution >= 4 is 18.2 Å². The van der Waals surface area contributed by atoms with E-state index in [2.05, 4.69) is 10.2 Å².